The Labute approximate surface area is 112 Å². The Morgan fingerprint density at radius 2 is 2.29 bits per heavy atom. The molecule has 5 heteroatoms. The standard InChI is InChI=1S/C12H17ClN2OS/c1-8(6-7-16-2)15-10-5-3-4-9(13)11(10)12(14)17/h3-5,8,15H,6-7H2,1-2H3,(H2,14,17). The number of hydrogen-bond donors (Lipinski definition) is 2. The van der Waals surface area contributed by atoms with Crippen LogP contribution in [0.1, 0.15) is 18.9 Å². The van der Waals surface area contributed by atoms with Crippen LogP contribution in [0.5, 0.6) is 0 Å². The van der Waals surface area contributed by atoms with Crippen LogP contribution in [-0.4, -0.2) is 24.7 Å². The van der Waals surface area contributed by atoms with E-state index in [9.17, 15) is 0 Å². The second kappa shape index (κ2) is 6.79. The van der Waals surface area contributed by atoms with E-state index in [1.54, 1.807) is 13.2 Å². The van der Waals surface area contributed by atoms with Crippen LogP contribution in [0.4, 0.5) is 5.69 Å². The first kappa shape index (κ1) is 14.2. The number of ether oxygens (including phenoxy) is 1. The van der Waals surface area contributed by atoms with Crippen molar-refractivity contribution in [3.63, 3.8) is 0 Å². The molecule has 1 unspecified atom stereocenters. The molecule has 94 valence electrons. The summed E-state index contributed by atoms with van der Waals surface area (Å²) in [6, 6.07) is 5.83. The fourth-order valence-electron chi connectivity index (χ4n) is 1.53. The Morgan fingerprint density at radius 3 is 2.88 bits per heavy atom. The normalized spacial score (nSPS) is 12.2. The van der Waals surface area contributed by atoms with Crippen LogP contribution in [-0.2, 0) is 4.74 Å². The highest BCUT2D eigenvalue weighted by atomic mass is 35.5. The van der Waals surface area contributed by atoms with E-state index in [4.69, 9.17) is 34.3 Å². The summed E-state index contributed by atoms with van der Waals surface area (Å²) in [6.07, 6.45) is 0.903. The summed E-state index contributed by atoms with van der Waals surface area (Å²) in [7, 11) is 1.69. The minimum absolute atomic E-state index is 0.265. The van der Waals surface area contributed by atoms with Crippen LogP contribution in [0.3, 0.4) is 0 Å². The van der Waals surface area contributed by atoms with Crippen molar-refractivity contribution in [2.45, 2.75) is 19.4 Å². The van der Waals surface area contributed by atoms with Gasteiger partial charge in [-0.05, 0) is 25.5 Å². The SMILES string of the molecule is COCCC(C)Nc1cccc(Cl)c1C(N)=S. The summed E-state index contributed by atoms with van der Waals surface area (Å²) in [4.78, 5) is 0.303. The number of benzene rings is 1. The molecule has 17 heavy (non-hydrogen) atoms. The minimum Gasteiger partial charge on any atom is -0.389 e. The Kier molecular flexibility index (Phi) is 5.68. The van der Waals surface area contributed by atoms with Crippen molar-refractivity contribution < 1.29 is 4.74 Å². The first-order chi connectivity index (χ1) is 8.06. The largest absolute Gasteiger partial charge is 0.389 e. The number of rotatable bonds is 6. The highest BCUT2D eigenvalue weighted by Gasteiger charge is 2.11. The molecule has 0 radical (unpaired) electrons. The van der Waals surface area contributed by atoms with Crippen LogP contribution >= 0.6 is 23.8 Å². The molecule has 0 saturated carbocycles. The van der Waals surface area contributed by atoms with Gasteiger partial charge in [0.05, 0.1) is 10.6 Å². The van der Waals surface area contributed by atoms with E-state index in [1.807, 2.05) is 12.1 Å². The molecule has 0 aliphatic heterocycles. The molecule has 1 atom stereocenters. The van der Waals surface area contributed by atoms with Crippen LogP contribution in [0.2, 0.25) is 5.02 Å². The lowest BCUT2D eigenvalue weighted by atomic mass is 10.1. The smallest absolute Gasteiger partial charge is 0.107 e. The van der Waals surface area contributed by atoms with Crippen molar-refractivity contribution in [3.8, 4) is 0 Å². The predicted octanol–water partition coefficient (Wildman–Crippen LogP) is 2.81. The molecule has 0 fully saturated rings. The van der Waals surface area contributed by atoms with Gasteiger partial charge in [0.25, 0.3) is 0 Å². The van der Waals surface area contributed by atoms with Crippen molar-refractivity contribution in [1.29, 1.82) is 0 Å². The molecule has 0 spiro atoms. The maximum absolute atomic E-state index is 6.08. The summed E-state index contributed by atoms with van der Waals surface area (Å²) >= 11 is 11.1. The zero-order chi connectivity index (χ0) is 12.8. The van der Waals surface area contributed by atoms with Crippen molar-refractivity contribution in [3.05, 3.63) is 28.8 Å². The molecular formula is C12H17ClN2OS. The topological polar surface area (TPSA) is 47.3 Å². The van der Waals surface area contributed by atoms with E-state index < -0.39 is 0 Å². The van der Waals surface area contributed by atoms with Gasteiger partial charge in [-0.2, -0.15) is 0 Å². The second-order valence-corrected chi connectivity index (χ2v) is 4.70. The Balaban J connectivity index is 2.83. The third kappa shape index (κ3) is 4.15. The molecular weight excluding hydrogens is 256 g/mol. The lowest BCUT2D eigenvalue weighted by molar-refractivity contribution is 0.191. The number of anilines is 1. The van der Waals surface area contributed by atoms with E-state index in [0.717, 1.165) is 12.1 Å². The molecule has 0 amide bonds. The average Bonchev–Trinajstić information content (AvgIpc) is 2.25. The van der Waals surface area contributed by atoms with Gasteiger partial charge in [-0.15, -0.1) is 0 Å². The summed E-state index contributed by atoms with van der Waals surface area (Å²) in [5.41, 5.74) is 7.24. The number of nitrogens with two attached hydrogens (primary N) is 1. The fourth-order valence-corrected chi connectivity index (χ4v) is 2.08. The summed E-state index contributed by atoms with van der Waals surface area (Å²) < 4.78 is 5.04. The van der Waals surface area contributed by atoms with E-state index >= 15 is 0 Å². The van der Waals surface area contributed by atoms with Crippen molar-refractivity contribution >= 4 is 34.5 Å². The number of methoxy groups -OCH3 is 1. The minimum atomic E-state index is 0.265. The van der Waals surface area contributed by atoms with Gasteiger partial charge < -0.3 is 15.8 Å². The third-order valence-electron chi connectivity index (χ3n) is 2.42. The molecule has 1 aromatic carbocycles. The van der Waals surface area contributed by atoms with E-state index in [0.29, 0.717) is 22.2 Å². The summed E-state index contributed by atoms with van der Waals surface area (Å²) in [5.74, 6) is 0. The van der Waals surface area contributed by atoms with Gasteiger partial charge in [0.2, 0.25) is 0 Å². The van der Waals surface area contributed by atoms with Crippen LogP contribution in [0.15, 0.2) is 18.2 Å². The van der Waals surface area contributed by atoms with Gasteiger partial charge in [-0.25, -0.2) is 0 Å². The molecule has 0 aliphatic rings. The highest BCUT2D eigenvalue weighted by molar-refractivity contribution is 7.80. The quantitative estimate of drug-likeness (QED) is 0.782. The molecule has 1 rings (SSSR count). The van der Waals surface area contributed by atoms with Crippen molar-refractivity contribution in [2.24, 2.45) is 5.73 Å². The number of hydrogen-bond acceptors (Lipinski definition) is 3. The Hall–Kier alpha value is -0.840. The Morgan fingerprint density at radius 1 is 1.59 bits per heavy atom. The van der Waals surface area contributed by atoms with Gasteiger partial charge in [-0.3, -0.25) is 0 Å². The molecule has 3 nitrogen and oxygen atoms in total. The second-order valence-electron chi connectivity index (χ2n) is 3.85. The summed E-state index contributed by atoms with van der Waals surface area (Å²) in [5, 5.41) is 3.91. The van der Waals surface area contributed by atoms with Gasteiger partial charge >= 0.3 is 0 Å². The zero-order valence-electron chi connectivity index (χ0n) is 10.00. The molecule has 0 aliphatic carbocycles. The number of thiocarbonyl (C=S) groups is 1. The monoisotopic (exact) mass is 272 g/mol. The molecule has 0 bridgehead atoms. The van der Waals surface area contributed by atoms with Crippen molar-refractivity contribution in [2.75, 3.05) is 19.0 Å². The molecule has 0 saturated heterocycles. The number of halogens is 1. The summed E-state index contributed by atoms with van der Waals surface area (Å²) in [6.45, 7) is 2.78. The van der Waals surface area contributed by atoms with Crippen LogP contribution in [0, 0.1) is 0 Å². The zero-order valence-corrected chi connectivity index (χ0v) is 11.6. The molecule has 0 aromatic heterocycles. The van der Waals surface area contributed by atoms with E-state index in [1.165, 1.54) is 0 Å². The molecule has 0 heterocycles. The first-order valence-electron chi connectivity index (χ1n) is 5.40. The molecule has 3 N–H and O–H groups in total. The fraction of sp³-hybridized carbons (Fsp3) is 0.417. The number of nitrogens with one attached hydrogen (secondary N) is 1. The third-order valence-corrected chi connectivity index (χ3v) is 2.94. The first-order valence-corrected chi connectivity index (χ1v) is 6.18. The van der Waals surface area contributed by atoms with Crippen LogP contribution < -0.4 is 11.1 Å². The average molecular weight is 273 g/mol. The lowest BCUT2D eigenvalue weighted by Crippen LogP contribution is -2.21. The van der Waals surface area contributed by atoms with Gasteiger partial charge in [0, 0.05) is 25.4 Å². The van der Waals surface area contributed by atoms with Crippen LogP contribution in [0.25, 0.3) is 0 Å². The molecule has 1 aromatic rings. The maximum Gasteiger partial charge on any atom is 0.107 e. The predicted molar refractivity (Wildman–Crippen MR) is 76.9 cm³/mol. The Bertz CT molecular complexity index is 398. The maximum atomic E-state index is 6.08. The van der Waals surface area contributed by atoms with Gasteiger partial charge in [0.15, 0.2) is 0 Å². The van der Waals surface area contributed by atoms with Crippen molar-refractivity contribution in [1.82, 2.24) is 0 Å². The van der Waals surface area contributed by atoms with Gasteiger partial charge in [-0.1, -0.05) is 29.9 Å². The lowest BCUT2D eigenvalue weighted by Gasteiger charge is -2.18. The van der Waals surface area contributed by atoms with E-state index in [2.05, 4.69) is 12.2 Å². The highest BCUT2D eigenvalue weighted by Crippen LogP contribution is 2.25. The van der Waals surface area contributed by atoms with E-state index in [-0.39, 0.29) is 6.04 Å². The van der Waals surface area contributed by atoms with Gasteiger partial charge in [0.1, 0.15) is 4.99 Å².